The molecule has 7 rings (SSSR count). The van der Waals surface area contributed by atoms with Crippen molar-refractivity contribution in [1.82, 2.24) is 19.3 Å². The number of hydrogen-bond donors (Lipinski definition) is 3. The van der Waals surface area contributed by atoms with Gasteiger partial charge in [-0.2, -0.15) is 5.10 Å². The van der Waals surface area contributed by atoms with Gasteiger partial charge in [-0.05, 0) is 25.1 Å². The van der Waals surface area contributed by atoms with Crippen LogP contribution in [0.2, 0.25) is 0 Å². The van der Waals surface area contributed by atoms with Gasteiger partial charge in [0.25, 0.3) is 5.56 Å². The molecule has 2 aliphatic heterocycles. The summed E-state index contributed by atoms with van der Waals surface area (Å²) in [5.74, 6) is 0.371. The molecule has 0 bridgehead atoms. The fourth-order valence-corrected chi connectivity index (χ4v) is 5.71. The molecule has 0 aliphatic carbocycles. The third-order valence-corrected chi connectivity index (χ3v) is 7.41. The number of rotatable bonds is 2. The normalized spacial score (nSPS) is 16.9. The Kier molecular flexibility index (Phi) is 4.44. The highest BCUT2D eigenvalue weighted by atomic mass is 16.2. The van der Waals surface area contributed by atoms with Crippen LogP contribution >= 0.6 is 0 Å². The average Bonchev–Trinajstić information content (AvgIpc) is 3.44. The predicted octanol–water partition coefficient (Wildman–Crippen LogP) is 3.58. The second kappa shape index (κ2) is 7.66. The van der Waals surface area contributed by atoms with Gasteiger partial charge in [0.2, 0.25) is 5.91 Å². The van der Waals surface area contributed by atoms with E-state index in [-0.39, 0.29) is 17.3 Å². The van der Waals surface area contributed by atoms with Crippen LogP contribution in [0.4, 0.5) is 17.3 Å². The SMILES string of the molecule is Cc1ccc2c(c1)C1(C(=O)N2)c2c(-c3ccccc3)nn(-c3ccccc3)c2Nc2c1c(=O)[nH]c(=O)n2C. The lowest BCUT2D eigenvalue weighted by Crippen LogP contribution is -2.48. The van der Waals surface area contributed by atoms with Crippen LogP contribution in [0.3, 0.4) is 0 Å². The molecule has 0 radical (unpaired) electrons. The van der Waals surface area contributed by atoms with Crippen LogP contribution in [0.1, 0.15) is 22.3 Å². The number of hydrogen-bond acceptors (Lipinski definition) is 5. The maximum absolute atomic E-state index is 14.3. The van der Waals surface area contributed by atoms with E-state index in [1.807, 2.05) is 85.8 Å². The van der Waals surface area contributed by atoms with Crippen LogP contribution in [-0.4, -0.2) is 25.2 Å². The molecule has 3 N–H and O–H groups in total. The molecule has 1 spiro atoms. The maximum Gasteiger partial charge on any atom is 0.329 e. The minimum Gasteiger partial charge on any atom is -0.325 e. The van der Waals surface area contributed by atoms with E-state index in [2.05, 4.69) is 15.6 Å². The van der Waals surface area contributed by atoms with Gasteiger partial charge in [0.05, 0.1) is 16.9 Å². The van der Waals surface area contributed by atoms with Crippen molar-refractivity contribution in [2.45, 2.75) is 12.3 Å². The highest BCUT2D eigenvalue weighted by molar-refractivity contribution is 6.15. The minimum absolute atomic E-state index is 0.152. The largest absolute Gasteiger partial charge is 0.329 e. The number of aromatic nitrogens is 4. The zero-order valence-electron chi connectivity index (χ0n) is 20.6. The number of anilines is 3. The van der Waals surface area contributed by atoms with Gasteiger partial charge in [-0.15, -0.1) is 0 Å². The second-order valence-corrected chi connectivity index (χ2v) is 9.61. The lowest BCUT2D eigenvalue weighted by Gasteiger charge is -2.35. The van der Waals surface area contributed by atoms with Gasteiger partial charge in [-0.25, -0.2) is 9.48 Å². The number of fused-ring (bicyclic) bond motifs is 6. The molecule has 2 aliphatic rings. The number of carbonyl (C=O) groups is 1. The Balaban J connectivity index is 1.72. The first-order chi connectivity index (χ1) is 18.4. The molecular formula is C29H22N6O3. The van der Waals surface area contributed by atoms with Gasteiger partial charge >= 0.3 is 5.69 Å². The Bertz CT molecular complexity index is 1900. The van der Waals surface area contributed by atoms with Gasteiger partial charge in [-0.3, -0.25) is 19.1 Å². The van der Waals surface area contributed by atoms with E-state index in [4.69, 9.17) is 5.10 Å². The number of benzene rings is 3. The van der Waals surface area contributed by atoms with Crippen molar-refractivity contribution in [3.63, 3.8) is 0 Å². The van der Waals surface area contributed by atoms with E-state index in [0.717, 1.165) is 16.8 Å². The van der Waals surface area contributed by atoms with Crippen LogP contribution in [0.15, 0.2) is 88.5 Å². The summed E-state index contributed by atoms with van der Waals surface area (Å²) in [5, 5.41) is 11.4. The highest BCUT2D eigenvalue weighted by Crippen LogP contribution is 2.56. The van der Waals surface area contributed by atoms with Crippen LogP contribution in [0.5, 0.6) is 0 Å². The summed E-state index contributed by atoms with van der Waals surface area (Å²) >= 11 is 0. The van der Waals surface area contributed by atoms with E-state index in [0.29, 0.717) is 28.3 Å². The van der Waals surface area contributed by atoms with E-state index in [9.17, 15) is 14.4 Å². The first-order valence-corrected chi connectivity index (χ1v) is 12.2. The molecule has 4 heterocycles. The van der Waals surface area contributed by atoms with Gasteiger partial charge in [0.15, 0.2) is 0 Å². The maximum atomic E-state index is 14.3. The molecular weight excluding hydrogens is 480 g/mol. The van der Waals surface area contributed by atoms with E-state index in [1.54, 1.807) is 11.7 Å². The first-order valence-electron chi connectivity index (χ1n) is 12.2. The van der Waals surface area contributed by atoms with Gasteiger partial charge in [0, 0.05) is 29.4 Å². The average molecular weight is 503 g/mol. The number of carbonyl (C=O) groups excluding carboxylic acids is 1. The second-order valence-electron chi connectivity index (χ2n) is 9.61. The summed E-state index contributed by atoms with van der Waals surface area (Å²) in [4.78, 5) is 43.1. The number of aromatic amines is 1. The molecule has 1 amide bonds. The van der Waals surface area contributed by atoms with Crippen LogP contribution in [0, 0.1) is 6.92 Å². The summed E-state index contributed by atoms with van der Waals surface area (Å²) in [7, 11) is 1.56. The summed E-state index contributed by atoms with van der Waals surface area (Å²) in [6.45, 7) is 1.94. The van der Waals surface area contributed by atoms with Crippen molar-refractivity contribution in [3.05, 3.63) is 122 Å². The fraction of sp³-hybridized carbons (Fsp3) is 0.103. The molecule has 38 heavy (non-hydrogen) atoms. The van der Waals surface area contributed by atoms with Gasteiger partial charge in [-0.1, -0.05) is 66.2 Å². The number of nitrogens with zero attached hydrogens (tertiary/aromatic N) is 3. The number of amides is 1. The molecule has 1 atom stereocenters. The van der Waals surface area contributed by atoms with Gasteiger partial charge in [0.1, 0.15) is 17.1 Å². The Morgan fingerprint density at radius 1 is 0.816 bits per heavy atom. The smallest absolute Gasteiger partial charge is 0.325 e. The molecule has 186 valence electrons. The van der Waals surface area contributed by atoms with Crippen molar-refractivity contribution in [3.8, 4) is 16.9 Å². The molecule has 0 fully saturated rings. The van der Waals surface area contributed by atoms with E-state index < -0.39 is 16.7 Å². The van der Waals surface area contributed by atoms with Crippen LogP contribution in [-0.2, 0) is 17.3 Å². The van der Waals surface area contributed by atoms with E-state index >= 15 is 0 Å². The van der Waals surface area contributed by atoms with Crippen molar-refractivity contribution in [2.24, 2.45) is 7.05 Å². The zero-order valence-corrected chi connectivity index (χ0v) is 20.6. The third kappa shape index (κ3) is 2.75. The monoisotopic (exact) mass is 502 g/mol. The van der Waals surface area contributed by atoms with Crippen molar-refractivity contribution in [2.75, 3.05) is 10.6 Å². The Morgan fingerprint density at radius 2 is 1.53 bits per heavy atom. The number of H-pyrrole nitrogens is 1. The minimum atomic E-state index is -1.56. The molecule has 9 heteroatoms. The topological polar surface area (TPSA) is 114 Å². The van der Waals surface area contributed by atoms with Crippen molar-refractivity contribution >= 4 is 23.2 Å². The fourth-order valence-electron chi connectivity index (χ4n) is 5.71. The number of aryl methyl sites for hydroxylation is 1. The zero-order chi connectivity index (χ0) is 26.2. The lowest BCUT2D eigenvalue weighted by molar-refractivity contribution is -0.118. The molecule has 2 aromatic heterocycles. The number of para-hydroxylation sites is 1. The molecule has 0 saturated carbocycles. The first kappa shape index (κ1) is 22.1. The third-order valence-electron chi connectivity index (χ3n) is 7.41. The summed E-state index contributed by atoms with van der Waals surface area (Å²) in [6, 6.07) is 24.8. The molecule has 1 unspecified atom stereocenters. The van der Waals surface area contributed by atoms with Crippen molar-refractivity contribution < 1.29 is 4.79 Å². The Labute approximate surface area is 216 Å². The molecule has 3 aromatic carbocycles. The van der Waals surface area contributed by atoms with Gasteiger partial charge < -0.3 is 10.6 Å². The summed E-state index contributed by atoms with van der Waals surface area (Å²) in [5.41, 5.74) is 2.21. The molecule has 5 aromatic rings. The number of nitrogens with one attached hydrogen (secondary N) is 3. The van der Waals surface area contributed by atoms with Crippen molar-refractivity contribution in [1.29, 1.82) is 0 Å². The Hall–Kier alpha value is -5.18. The Morgan fingerprint density at radius 3 is 2.26 bits per heavy atom. The van der Waals surface area contributed by atoms with E-state index in [1.165, 1.54) is 4.57 Å². The summed E-state index contributed by atoms with van der Waals surface area (Å²) < 4.78 is 3.06. The quantitative estimate of drug-likeness (QED) is 0.342. The molecule has 0 saturated heterocycles. The molecule has 9 nitrogen and oxygen atoms in total. The van der Waals surface area contributed by atoms with Crippen LogP contribution in [0.25, 0.3) is 16.9 Å². The summed E-state index contributed by atoms with van der Waals surface area (Å²) in [6.07, 6.45) is 0. The lowest BCUT2D eigenvalue weighted by atomic mass is 9.68. The highest BCUT2D eigenvalue weighted by Gasteiger charge is 2.58. The standard InChI is InChI=1S/C29H22N6O3/c1-16-13-14-20-19(15-16)29(27(37)30-20)21-23(17-9-5-3-6-10-17)33-35(18-11-7-4-8-12-18)25(21)31-24-22(29)26(36)32-28(38)34(24)2/h3-15,31H,1-2H3,(H,30,37)(H,32,36,38). The predicted molar refractivity (Wildman–Crippen MR) is 144 cm³/mol. The van der Waals surface area contributed by atoms with Crippen LogP contribution < -0.4 is 21.9 Å².